The monoisotopic (exact) mass is 300 g/mol. The van der Waals surface area contributed by atoms with Crippen LogP contribution in [0, 0.1) is 29.1 Å². The Morgan fingerprint density at radius 3 is 1.44 bits per heavy atom. The van der Waals surface area contributed by atoms with Gasteiger partial charge in [-0.15, -0.1) is 0 Å². The predicted octanol–water partition coefficient (Wildman–Crippen LogP) is 4.35. The van der Waals surface area contributed by atoms with Crippen LogP contribution in [0.5, 0.6) is 5.75 Å². The summed E-state index contributed by atoms with van der Waals surface area (Å²) in [6, 6.07) is 0. The average Bonchev–Trinajstić information content (AvgIpc) is 2.17. The van der Waals surface area contributed by atoms with Crippen molar-refractivity contribution in [2.75, 3.05) is 0 Å². The lowest BCUT2D eigenvalue weighted by Gasteiger charge is -2.09. The molecule has 2 nitrogen and oxygen atoms in total. The summed E-state index contributed by atoms with van der Waals surface area (Å²) in [5, 5.41) is 0. The Balaban J connectivity index is 3.46. The van der Waals surface area contributed by atoms with Crippen molar-refractivity contribution in [3.8, 4) is 5.75 Å². The molecule has 0 saturated carbocycles. The van der Waals surface area contributed by atoms with Gasteiger partial charge in [-0.05, 0) is 0 Å². The Bertz CT molecular complexity index is 459. The van der Waals surface area contributed by atoms with Gasteiger partial charge in [0.1, 0.15) is 0 Å². The SMILES string of the molecule is O=P(Cl)(Cl)Oc1c(F)c(F)c(F)c(F)c1F. The summed E-state index contributed by atoms with van der Waals surface area (Å²) < 4.78 is 77.7. The first-order chi connectivity index (χ1) is 7.15. The second kappa shape index (κ2) is 4.39. The van der Waals surface area contributed by atoms with Crippen LogP contribution in [0.1, 0.15) is 0 Å². The quantitative estimate of drug-likeness (QED) is 0.351. The van der Waals surface area contributed by atoms with Gasteiger partial charge in [0.05, 0.1) is 0 Å². The van der Waals surface area contributed by atoms with Gasteiger partial charge in [0, 0.05) is 22.5 Å². The van der Waals surface area contributed by atoms with Gasteiger partial charge in [-0.1, -0.05) is 0 Å². The molecule has 1 aromatic rings. The van der Waals surface area contributed by atoms with E-state index in [2.05, 4.69) is 4.52 Å². The van der Waals surface area contributed by atoms with E-state index in [1.54, 1.807) is 0 Å². The van der Waals surface area contributed by atoms with Crippen molar-refractivity contribution in [2.24, 2.45) is 0 Å². The molecule has 0 saturated heterocycles. The molecule has 0 aromatic heterocycles. The maximum atomic E-state index is 12.8. The van der Waals surface area contributed by atoms with Crippen LogP contribution < -0.4 is 4.52 Å². The summed E-state index contributed by atoms with van der Waals surface area (Å²) in [6.45, 7) is 0. The van der Waals surface area contributed by atoms with Crippen molar-refractivity contribution in [3.63, 3.8) is 0 Å². The lowest BCUT2D eigenvalue weighted by Crippen LogP contribution is -2.03. The van der Waals surface area contributed by atoms with Crippen LogP contribution in [-0.2, 0) is 4.57 Å². The van der Waals surface area contributed by atoms with Gasteiger partial charge >= 0.3 is 6.07 Å². The zero-order chi connectivity index (χ0) is 12.7. The predicted molar refractivity (Wildman–Crippen MR) is 46.2 cm³/mol. The van der Waals surface area contributed by atoms with Gasteiger partial charge in [-0.3, -0.25) is 0 Å². The van der Waals surface area contributed by atoms with Gasteiger partial charge in [-0.25, -0.2) is 17.7 Å². The van der Waals surface area contributed by atoms with Crippen LogP contribution in [-0.4, -0.2) is 0 Å². The Morgan fingerprint density at radius 2 is 1.12 bits per heavy atom. The Hall–Kier alpha value is -0.520. The van der Waals surface area contributed by atoms with Crippen molar-refractivity contribution >= 4 is 28.6 Å². The molecule has 0 amide bonds. The minimum absolute atomic E-state index is 1.79. The molecule has 0 aliphatic carbocycles. The van der Waals surface area contributed by atoms with Crippen LogP contribution in [0.25, 0.3) is 0 Å². The molecule has 0 aliphatic heterocycles. The molecule has 0 fully saturated rings. The molecule has 0 radical (unpaired) electrons. The van der Waals surface area contributed by atoms with E-state index in [1.165, 1.54) is 0 Å². The molecule has 0 spiro atoms. The highest BCUT2D eigenvalue weighted by atomic mass is 35.9. The van der Waals surface area contributed by atoms with E-state index in [0.717, 1.165) is 0 Å². The summed E-state index contributed by atoms with van der Waals surface area (Å²) in [5.41, 5.74) is 0. The van der Waals surface area contributed by atoms with Crippen molar-refractivity contribution in [1.29, 1.82) is 0 Å². The van der Waals surface area contributed by atoms with Crippen molar-refractivity contribution in [1.82, 2.24) is 0 Å². The second-order valence-electron chi connectivity index (χ2n) is 2.40. The number of rotatable bonds is 2. The number of benzene rings is 1. The molecule has 0 unspecified atom stereocenters. The highest BCUT2D eigenvalue weighted by Crippen LogP contribution is 2.58. The third-order valence-corrected chi connectivity index (χ3v) is 2.18. The third-order valence-electron chi connectivity index (χ3n) is 1.37. The van der Waals surface area contributed by atoms with Crippen LogP contribution >= 0.6 is 28.6 Å². The van der Waals surface area contributed by atoms with Crippen LogP contribution in [0.2, 0.25) is 0 Å². The van der Waals surface area contributed by atoms with E-state index in [4.69, 9.17) is 22.5 Å². The largest absolute Gasteiger partial charge is 0.428 e. The van der Waals surface area contributed by atoms with Crippen molar-refractivity contribution < 1.29 is 31.0 Å². The van der Waals surface area contributed by atoms with Crippen molar-refractivity contribution in [3.05, 3.63) is 29.1 Å². The highest BCUT2D eigenvalue weighted by molar-refractivity contribution is 8.05. The van der Waals surface area contributed by atoms with Crippen molar-refractivity contribution in [2.45, 2.75) is 0 Å². The maximum Gasteiger partial charge on any atom is 0.428 e. The topological polar surface area (TPSA) is 26.3 Å². The van der Waals surface area contributed by atoms with E-state index in [0.29, 0.717) is 0 Å². The first-order valence-electron chi connectivity index (χ1n) is 3.35. The number of halogens is 7. The molecule has 0 heterocycles. The maximum absolute atomic E-state index is 12.8. The normalized spacial score (nSPS) is 11.7. The van der Waals surface area contributed by atoms with E-state index < -0.39 is 40.9 Å². The molecule has 0 bridgehead atoms. The summed E-state index contributed by atoms with van der Waals surface area (Å²) in [6.07, 6.45) is -4.49. The zero-order valence-corrected chi connectivity index (χ0v) is 9.32. The van der Waals surface area contributed by atoms with Crippen LogP contribution in [0.4, 0.5) is 22.0 Å². The van der Waals surface area contributed by atoms with Crippen LogP contribution in [0.3, 0.4) is 0 Å². The second-order valence-corrected chi connectivity index (χ2v) is 6.61. The van der Waals surface area contributed by atoms with Gasteiger partial charge in [0.15, 0.2) is 0 Å². The standard InChI is InChI=1S/C6Cl2F5O2P/c7-16(8,14)15-6-4(12)2(10)1(9)3(11)5(6)13. The minimum atomic E-state index is -4.49. The lowest BCUT2D eigenvalue weighted by molar-refractivity contribution is 0.350. The Kier molecular flexibility index (Phi) is 3.72. The molecule has 16 heavy (non-hydrogen) atoms. The minimum Gasteiger partial charge on any atom is -0.416 e. The summed E-state index contributed by atoms with van der Waals surface area (Å²) >= 11 is 9.57. The molecule has 90 valence electrons. The number of hydrogen-bond acceptors (Lipinski definition) is 2. The van der Waals surface area contributed by atoms with E-state index in [-0.39, 0.29) is 0 Å². The summed E-state index contributed by atoms with van der Waals surface area (Å²) in [7, 11) is 0. The average molecular weight is 301 g/mol. The fourth-order valence-electron chi connectivity index (χ4n) is 0.771. The molecule has 0 atom stereocenters. The third kappa shape index (κ3) is 2.59. The van der Waals surface area contributed by atoms with E-state index in [1.807, 2.05) is 0 Å². The number of hydrogen-bond donors (Lipinski definition) is 0. The molecule has 0 N–H and O–H groups in total. The van der Waals surface area contributed by atoms with Gasteiger partial charge in [0.2, 0.25) is 34.8 Å². The molecular weight excluding hydrogens is 301 g/mol. The van der Waals surface area contributed by atoms with Crippen LogP contribution in [0.15, 0.2) is 0 Å². The molecule has 1 rings (SSSR count). The fourth-order valence-corrected chi connectivity index (χ4v) is 1.56. The summed E-state index contributed by atoms with van der Waals surface area (Å²) in [5.74, 6) is -13.3. The first kappa shape index (κ1) is 13.5. The molecule has 10 heteroatoms. The highest BCUT2D eigenvalue weighted by Gasteiger charge is 2.30. The summed E-state index contributed by atoms with van der Waals surface area (Å²) in [4.78, 5) is 0. The van der Waals surface area contributed by atoms with Gasteiger partial charge in [0.25, 0.3) is 0 Å². The van der Waals surface area contributed by atoms with Gasteiger partial charge < -0.3 is 4.52 Å². The fraction of sp³-hybridized carbons (Fsp3) is 0. The Morgan fingerprint density at radius 1 is 0.812 bits per heavy atom. The van der Waals surface area contributed by atoms with E-state index in [9.17, 15) is 26.5 Å². The first-order valence-corrected chi connectivity index (χ1v) is 6.79. The van der Waals surface area contributed by atoms with E-state index >= 15 is 0 Å². The molecular formula is C6Cl2F5O2P. The lowest BCUT2D eigenvalue weighted by atomic mass is 10.3. The molecule has 1 aromatic carbocycles. The van der Waals surface area contributed by atoms with Gasteiger partial charge in [-0.2, -0.15) is 8.78 Å². The molecule has 0 aliphatic rings. The zero-order valence-electron chi connectivity index (χ0n) is 6.91. The Labute approximate surface area is 94.9 Å². The smallest absolute Gasteiger partial charge is 0.416 e.